The third kappa shape index (κ3) is 3.50. The summed E-state index contributed by atoms with van der Waals surface area (Å²) in [5.41, 5.74) is 4.33. The first-order valence-electron chi connectivity index (χ1n) is 8.41. The lowest BCUT2D eigenvalue weighted by atomic mass is 10.1. The molecule has 0 radical (unpaired) electrons. The molecule has 1 N–H and O–H groups in total. The number of carboxylic acids is 1. The highest BCUT2D eigenvalue weighted by Crippen LogP contribution is 2.24. The van der Waals surface area contributed by atoms with E-state index in [1.807, 2.05) is 0 Å². The minimum atomic E-state index is -1.02. The number of aryl methyl sites for hydroxylation is 1. The standard InChI is InChI=1S/C20H22N2O3/c1-14-5-3-8-18(15(14)2)21-9-11-22(12-10-21)19(23)16-6-4-7-17(13-16)20(24)25/h3-8,13H,9-12H2,1-2H3,(H,24,25). The molecule has 1 aliphatic heterocycles. The van der Waals surface area contributed by atoms with Gasteiger partial charge in [0.15, 0.2) is 0 Å². The number of rotatable bonds is 3. The summed E-state index contributed by atoms with van der Waals surface area (Å²) in [5, 5.41) is 9.08. The largest absolute Gasteiger partial charge is 0.478 e. The zero-order valence-electron chi connectivity index (χ0n) is 14.5. The van der Waals surface area contributed by atoms with E-state index in [1.165, 1.54) is 28.9 Å². The van der Waals surface area contributed by atoms with Crippen LogP contribution in [0.4, 0.5) is 5.69 Å². The second kappa shape index (κ2) is 6.97. The van der Waals surface area contributed by atoms with Gasteiger partial charge in [0.05, 0.1) is 5.56 Å². The number of amides is 1. The molecule has 130 valence electrons. The number of anilines is 1. The number of aromatic carboxylic acids is 1. The zero-order valence-corrected chi connectivity index (χ0v) is 14.5. The minimum absolute atomic E-state index is 0.108. The molecule has 2 aromatic rings. The lowest BCUT2D eigenvalue weighted by Crippen LogP contribution is -2.49. The molecule has 2 aromatic carbocycles. The van der Waals surface area contributed by atoms with Crippen LogP contribution in [0.15, 0.2) is 42.5 Å². The van der Waals surface area contributed by atoms with Crippen LogP contribution in [-0.4, -0.2) is 48.1 Å². The molecule has 1 heterocycles. The summed E-state index contributed by atoms with van der Waals surface area (Å²) < 4.78 is 0. The molecule has 25 heavy (non-hydrogen) atoms. The molecule has 0 bridgehead atoms. The Hall–Kier alpha value is -2.82. The van der Waals surface area contributed by atoms with Crippen LogP contribution in [-0.2, 0) is 0 Å². The van der Waals surface area contributed by atoms with Gasteiger partial charge in [-0.2, -0.15) is 0 Å². The average molecular weight is 338 g/mol. The van der Waals surface area contributed by atoms with Gasteiger partial charge in [0.1, 0.15) is 0 Å². The lowest BCUT2D eigenvalue weighted by molar-refractivity contribution is 0.0697. The number of carbonyl (C=O) groups excluding carboxylic acids is 1. The molecule has 5 heteroatoms. The number of carboxylic acid groups (broad SMARTS) is 1. The number of carbonyl (C=O) groups is 2. The van der Waals surface area contributed by atoms with E-state index in [0.717, 1.165) is 13.1 Å². The highest BCUT2D eigenvalue weighted by molar-refractivity contribution is 5.97. The van der Waals surface area contributed by atoms with Crippen molar-refractivity contribution in [1.29, 1.82) is 0 Å². The second-order valence-corrected chi connectivity index (χ2v) is 6.38. The van der Waals surface area contributed by atoms with Crippen molar-refractivity contribution >= 4 is 17.6 Å². The van der Waals surface area contributed by atoms with Gasteiger partial charge in [0.25, 0.3) is 5.91 Å². The first kappa shape index (κ1) is 17.0. The Bertz CT molecular complexity index is 808. The average Bonchev–Trinajstić information content (AvgIpc) is 2.63. The molecule has 5 nitrogen and oxygen atoms in total. The molecule has 0 atom stereocenters. The van der Waals surface area contributed by atoms with E-state index in [0.29, 0.717) is 18.7 Å². The maximum absolute atomic E-state index is 12.7. The van der Waals surface area contributed by atoms with Gasteiger partial charge in [0.2, 0.25) is 0 Å². The maximum atomic E-state index is 12.7. The fourth-order valence-electron chi connectivity index (χ4n) is 3.20. The minimum Gasteiger partial charge on any atom is -0.478 e. The number of nitrogens with zero attached hydrogens (tertiary/aromatic N) is 2. The summed E-state index contributed by atoms with van der Waals surface area (Å²) >= 11 is 0. The molecular weight excluding hydrogens is 316 g/mol. The molecule has 1 aliphatic rings. The Morgan fingerprint density at radius 1 is 0.920 bits per heavy atom. The van der Waals surface area contributed by atoms with Gasteiger partial charge in [-0.25, -0.2) is 4.79 Å². The summed E-state index contributed by atoms with van der Waals surface area (Å²) in [4.78, 5) is 27.8. The van der Waals surface area contributed by atoms with Crippen LogP contribution >= 0.6 is 0 Å². The van der Waals surface area contributed by atoms with Gasteiger partial charge in [-0.1, -0.05) is 18.2 Å². The predicted octanol–water partition coefficient (Wildman–Crippen LogP) is 2.96. The SMILES string of the molecule is Cc1cccc(N2CCN(C(=O)c3cccc(C(=O)O)c3)CC2)c1C. The first-order valence-corrected chi connectivity index (χ1v) is 8.41. The molecular formula is C20H22N2O3. The van der Waals surface area contributed by atoms with Crippen LogP contribution in [0.1, 0.15) is 31.8 Å². The maximum Gasteiger partial charge on any atom is 0.335 e. The zero-order chi connectivity index (χ0) is 18.0. The van der Waals surface area contributed by atoms with Crippen molar-refractivity contribution in [2.75, 3.05) is 31.1 Å². The quantitative estimate of drug-likeness (QED) is 0.935. The molecule has 1 amide bonds. The van der Waals surface area contributed by atoms with Gasteiger partial charge in [-0.3, -0.25) is 4.79 Å². The second-order valence-electron chi connectivity index (χ2n) is 6.38. The number of hydrogen-bond acceptors (Lipinski definition) is 3. The van der Waals surface area contributed by atoms with E-state index in [9.17, 15) is 9.59 Å². The van der Waals surface area contributed by atoms with Crippen LogP contribution in [0, 0.1) is 13.8 Å². The molecule has 0 spiro atoms. The van der Waals surface area contributed by atoms with Crippen LogP contribution < -0.4 is 4.90 Å². The van der Waals surface area contributed by atoms with E-state index in [4.69, 9.17) is 5.11 Å². The smallest absolute Gasteiger partial charge is 0.335 e. The highest BCUT2D eigenvalue weighted by Gasteiger charge is 2.23. The molecule has 0 aliphatic carbocycles. The topological polar surface area (TPSA) is 60.9 Å². The van der Waals surface area contributed by atoms with Crippen molar-refractivity contribution in [3.63, 3.8) is 0 Å². The fourth-order valence-corrected chi connectivity index (χ4v) is 3.20. The van der Waals surface area contributed by atoms with Gasteiger partial charge in [-0.05, 0) is 49.2 Å². The Kier molecular flexibility index (Phi) is 4.74. The molecule has 1 fully saturated rings. The summed E-state index contributed by atoms with van der Waals surface area (Å²) in [5.74, 6) is -1.13. The third-order valence-corrected chi connectivity index (χ3v) is 4.84. The Labute approximate surface area is 147 Å². The third-order valence-electron chi connectivity index (χ3n) is 4.84. The van der Waals surface area contributed by atoms with Crippen molar-refractivity contribution < 1.29 is 14.7 Å². The molecule has 0 unspecified atom stereocenters. The molecule has 1 saturated heterocycles. The van der Waals surface area contributed by atoms with Crippen molar-refractivity contribution in [3.8, 4) is 0 Å². The molecule has 0 aromatic heterocycles. The fraction of sp³-hybridized carbons (Fsp3) is 0.300. The van der Waals surface area contributed by atoms with Gasteiger partial charge >= 0.3 is 5.97 Å². The normalized spacial score (nSPS) is 14.5. The van der Waals surface area contributed by atoms with Crippen molar-refractivity contribution in [1.82, 2.24) is 4.90 Å². The van der Waals surface area contributed by atoms with Crippen LogP contribution in [0.2, 0.25) is 0 Å². The Morgan fingerprint density at radius 2 is 1.56 bits per heavy atom. The van der Waals surface area contributed by atoms with Crippen molar-refractivity contribution in [2.24, 2.45) is 0 Å². The Morgan fingerprint density at radius 3 is 2.24 bits per heavy atom. The molecule has 0 saturated carbocycles. The summed E-state index contributed by atoms with van der Waals surface area (Å²) in [6.07, 6.45) is 0. The van der Waals surface area contributed by atoms with Gasteiger partial charge in [0, 0.05) is 37.4 Å². The van der Waals surface area contributed by atoms with Gasteiger partial charge < -0.3 is 14.9 Å². The van der Waals surface area contributed by atoms with E-state index >= 15 is 0 Å². The summed E-state index contributed by atoms with van der Waals surface area (Å²) in [7, 11) is 0. The number of benzene rings is 2. The predicted molar refractivity (Wildman–Crippen MR) is 97.4 cm³/mol. The highest BCUT2D eigenvalue weighted by atomic mass is 16.4. The monoisotopic (exact) mass is 338 g/mol. The first-order chi connectivity index (χ1) is 12.0. The lowest BCUT2D eigenvalue weighted by Gasteiger charge is -2.37. The Balaban J connectivity index is 1.70. The van der Waals surface area contributed by atoms with Crippen LogP contribution in [0.3, 0.4) is 0 Å². The van der Waals surface area contributed by atoms with Crippen LogP contribution in [0.5, 0.6) is 0 Å². The van der Waals surface area contributed by atoms with E-state index in [1.54, 1.807) is 17.0 Å². The van der Waals surface area contributed by atoms with E-state index in [-0.39, 0.29) is 11.5 Å². The molecule has 3 rings (SSSR count). The van der Waals surface area contributed by atoms with E-state index < -0.39 is 5.97 Å². The van der Waals surface area contributed by atoms with E-state index in [2.05, 4.69) is 36.9 Å². The summed E-state index contributed by atoms with van der Waals surface area (Å²) in [6.45, 7) is 7.03. The number of hydrogen-bond donors (Lipinski definition) is 1. The van der Waals surface area contributed by atoms with Crippen molar-refractivity contribution in [2.45, 2.75) is 13.8 Å². The van der Waals surface area contributed by atoms with Crippen LogP contribution in [0.25, 0.3) is 0 Å². The number of piperazine rings is 1. The van der Waals surface area contributed by atoms with Gasteiger partial charge in [-0.15, -0.1) is 0 Å². The summed E-state index contributed by atoms with van der Waals surface area (Å²) in [6, 6.07) is 12.5. The van der Waals surface area contributed by atoms with Crippen molar-refractivity contribution in [3.05, 3.63) is 64.7 Å².